The molecule has 4 aromatic heterocycles. The van der Waals surface area contributed by atoms with Gasteiger partial charge in [-0.3, -0.25) is 4.55 Å². The Labute approximate surface area is 335 Å². The molecule has 14 heteroatoms. The third-order valence-corrected chi connectivity index (χ3v) is 14.1. The molecule has 53 heavy (non-hydrogen) atoms. The highest BCUT2D eigenvalue weighted by Gasteiger charge is 2.29. The summed E-state index contributed by atoms with van der Waals surface area (Å²) in [5.41, 5.74) is 9.58. The summed E-state index contributed by atoms with van der Waals surface area (Å²) in [7, 11) is -4.36. The lowest BCUT2D eigenvalue weighted by molar-refractivity contribution is 0.485. The Morgan fingerprint density at radius 2 is 1.26 bits per heavy atom. The molecule has 6 aromatic rings. The fourth-order valence-electron chi connectivity index (χ4n) is 7.13. The monoisotopic (exact) mass is 840 g/mol. The van der Waals surface area contributed by atoms with Gasteiger partial charge in [0, 0.05) is 21.2 Å². The second-order valence-corrected chi connectivity index (χ2v) is 18.4. The van der Waals surface area contributed by atoms with E-state index in [1.807, 2.05) is 29.0 Å². The Bertz CT molecular complexity index is 2550. The van der Waals surface area contributed by atoms with Crippen LogP contribution in [-0.2, 0) is 35.8 Å². The van der Waals surface area contributed by atoms with Gasteiger partial charge in [-0.1, -0.05) is 58.6 Å². The summed E-state index contributed by atoms with van der Waals surface area (Å²) in [4.78, 5) is 2.01. The van der Waals surface area contributed by atoms with Crippen molar-refractivity contribution in [3.8, 4) is 32.5 Å². The summed E-state index contributed by atoms with van der Waals surface area (Å²) in [6.07, 6.45) is 16.4. The lowest BCUT2D eigenvalue weighted by Crippen LogP contribution is -2.00. The van der Waals surface area contributed by atoms with Crippen molar-refractivity contribution < 1.29 is 13.0 Å². The van der Waals surface area contributed by atoms with E-state index >= 15 is 0 Å². The van der Waals surface area contributed by atoms with Crippen molar-refractivity contribution in [2.24, 2.45) is 0 Å². The van der Waals surface area contributed by atoms with Crippen LogP contribution in [0, 0.1) is 0 Å². The zero-order valence-electron chi connectivity index (χ0n) is 28.2. The smallest absolute Gasteiger partial charge is 0.281 e. The van der Waals surface area contributed by atoms with E-state index in [0.717, 1.165) is 107 Å². The number of allylic oxidation sites excluding steroid dienone is 2. The molecule has 2 aliphatic rings. The molecule has 4 heterocycles. The number of halogens is 4. The van der Waals surface area contributed by atoms with E-state index in [-0.39, 0.29) is 4.21 Å². The van der Waals surface area contributed by atoms with E-state index in [9.17, 15) is 13.0 Å². The van der Waals surface area contributed by atoms with E-state index in [2.05, 4.69) is 29.7 Å². The highest BCUT2D eigenvalue weighted by Crippen LogP contribution is 2.44. The lowest BCUT2D eigenvalue weighted by atomic mass is 10.1. The second kappa shape index (κ2) is 15.2. The molecule has 0 atom stereocenters. The van der Waals surface area contributed by atoms with Gasteiger partial charge in [0.2, 0.25) is 0 Å². The third-order valence-electron chi connectivity index (χ3n) is 9.56. The van der Waals surface area contributed by atoms with Gasteiger partial charge in [0.05, 0.1) is 54.0 Å². The van der Waals surface area contributed by atoms with Crippen LogP contribution >= 0.6 is 69.1 Å². The molecule has 0 aliphatic heterocycles. The van der Waals surface area contributed by atoms with Gasteiger partial charge in [0.15, 0.2) is 0 Å². The number of rotatable bonds is 9. The number of nitrogens with zero attached hydrogens (tertiary/aromatic N) is 4. The number of unbranched alkanes of at least 4 members (excludes halogenated alkanes) is 2. The number of hydrogen-bond donors (Lipinski definition) is 1. The molecule has 0 fully saturated rings. The molecule has 0 saturated carbocycles. The Hall–Kier alpha value is -3.19. The van der Waals surface area contributed by atoms with Crippen LogP contribution in [0.4, 0.5) is 0 Å². The van der Waals surface area contributed by atoms with Gasteiger partial charge in [-0.15, -0.1) is 22.7 Å². The van der Waals surface area contributed by atoms with Gasteiger partial charge in [-0.25, -0.2) is 9.36 Å². The molecule has 7 nitrogen and oxygen atoms in total. The molecular weight excluding hydrogens is 810 g/mol. The minimum atomic E-state index is -4.36. The van der Waals surface area contributed by atoms with Crippen molar-refractivity contribution in [1.82, 2.24) is 19.6 Å². The first-order valence-electron chi connectivity index (χ1n) is 17.2. The SMILES string of the molecule is O=S(=O)(O)c1cc2c(s1)-c1c(c(C=CCCCC=Cc3nn(-c4ccc(Cl)cc4Cl)c4c3CCCc3ccsc3-4)nn1-c1ccc(Cl)cc1Cl)CCC2. The number of benzene rings is 2. The fourth-order valence-corrected chi connectivity index (χ4v) is 11.1. The third kappa shape index (κ3) is 7.33. The van der Waals surface area contributed by atoms with Gasteiger partial charge in [0.25, 0.3) is 0 Å². The highest BCUT2D eigenvalue weighted by atomic mass is 35.5. The number of thiophene rings is 2. The van der Waals surface area contributed by atoms with Crippen molar-refractivity contribution >= 4 is 91.3 Å². The summed E-state index contributed by atoms with van der Waals surface area (Å²) in [5.74, 6) is 0. The van der Waals surface area contributed by atoms with E-state index in [4.69, 9.17) is 56.6 Å². The van der Waals surface area contributed by atoms with E-state index in [1.165, 1.54) is 16.0 Å². The number of aryl methyl sites for hydroxylation is 2. The Morgan fingerprint density at radius 3 is 1.81 bits per heavy atom. The minimum Gasteiger partial charge on any atom is -0.281 e. The van der Waals surface area contributed by atoms with Crippen LogP contribution in [0.5, 0.6) is 0 Å². The molecule has 0 unspecified atom stereocenters. The summed E-state index contributed by atoms with van der Waals surface area (Å²) in [6, 6.07) is 14.6. The molecule has 1 N–H and O–H groups in total. The predicted molar refractivity (Wildman–Crippen MR) is 220 cm³/mol. The van der Waals surface area contributed by atoms with Crippen molar-refractivity contribution in [2.75, 3.05) is 0 Å². The molecule has 0 spiro atoms. The first-order chi connectivity index (χ1) is 25.6. The molecule has 0 bridgehead atoms. The van der Waals surface area contributed by atoms with Crippen molar-refractivity contribution in [3.05, 3.63) is 120 Å². The predicted octanol–water partition coefficient (Wildman–Crippen LogP) is 12.2. The van der Waals surface area contributed by atoms with Gasteiger partial charge in [-0.05, 0) is 135 Å². The van der Waals surface area contributed by atoms with Crippen molar-refractivity contribution in [2.45, 2.75) is 62.0 Å². The highest BCUT2D eigenvalue weighted by molar-refractivity contribution is 7.88. The lowest BCUT2D eigenvalue weighted by Gasteiger charge is -2.10. The molecular formula is C39H32Cl4N4O3S3. The van der Waals surface area contributed by atoms with Crippen LogP contribution < -0.4 is 0 Å². The Kier molecular flexibility index (Phi) is 10.5. The summed E-state index contributed by atoms with van der Waals surface area (Å²) < 4.78 is 37.7. The topological polar surface area (TPSA) is 90.0 Å². The molecule has 0 radical (unpaired) electrons. The maximum atomic E-state index is 12.1. The molecule has 8 rings (SSSR count). The van der Waals surface area contributed by atoms with Gasteiger partial charge < -0.3 is 0 Å². The first kappa shape index (κ1) is 36.8. The summed E-state index contributed by atoms with van der Waals surface area (Å²) in [5, 5.41) is 14.3. The van der Waals surface area contributed by atoms with E-state index in [1.54, 1.807) is 40.3 Å². The number of fused-ring (bicyclic) bond motifs is 6. The van der Waals surface area contributed by atoms with Crippen LogP contribution in [0.15, 0.2) is 70.3 Å². The average molecular weight is 843 g/mol. The maximum Gasteiger partial charge on any atom is 0.304 e. The zero-order chi connectivity index (χ0) is 36.9. The minimum absolute atomic E-state index is 0.0802. The quantitative estimate of drug-likeness (QED) is 0.116. The number of aromatic nitrogens is 4. The summed E-state index contributed by atoms with van der Waals surface area (Å²) in [6.45, 7) is 0. The average Bonchev–Trinajstić information content (AvgIpc) is 3.86. The molecule has 0 amide bonds. The zero-order valence-corrected chi connectivity index (χ0v) is 33.6. The van der Waals surface area contributed by atoms with E-state index < -0.39 is 10.1 Å². The molecule has 0 saturated heterocycles. The van der Waals surface area contributed by atoms with Crippen LogP contribution in [0.25, 0.3) is 44.7 Å². The standard InChI is InChI=1S/C39H32Cl4N4O3S3/c40-25-14-16-33(29(42)21-25)46-36-27(10-6-8-23-18-19-51-38(23)36)31(44-46)12-4-2-1-3-5-13-32-28-11-7-9-24-20-35(53(48,49)50)52-39(24)37(28)47(45-32)34-17-15-26(41)22-30(34)43/h4-5,12-22H,1-3,6-11H2,(H,48,49,50). The normalized spacial score (nSPS) is 14.3. The van der Waals surface area contributed by atoms with Crippen molar-refractivity contribution in [3.63, 3.8) is 0 Å². The Balaban J connectivity index is 1.04. The van der Waals surface area contributed by atoms with Crippen LogP contribution in [0.3, 0.4) is 0 Å². The maximum absolute atomic E-state index is 12.1. The molecule has 272 valence electrons. The first-order valence-corrected chi connectivity index (χ1v) is 21.9. The van der Waals surface area contributed by atoms with Gasteiger partial charge in [0.1, 0.15) is 4.21 Å². The Morgan fingerprint density at radius 1 is 0.717 bits per heavy atom. The van der Waals surface area contributed by atoms with Crippen molar-refractivity contribution in [1.29, 1.82) is 0 Å². The molecule has 2 aromatic carbocycles. The second-order valence-electron chi connectivity index (χ2n) is 13.1. The summed E-state index contributed by atoms with van der Waals surface area (Å²) >= 11 is 28.6. The van der Waals surface area contributed by atoms with Gasteiger partial charge >= 0.3 is 10.1 Å². The van der Waals surface area contributed by atoms with E-state index in [0.29, 0.717) is 32.2 Å². The largest absolute Gasteiger partial charge is 0.304 e. The number of hydrogen-bond acceptors (Lipinski definition) is 6. The molecule has 2 aliphatic carbocycles. The fraction of sp³-hybridized carbons (Fsp3) is 0.231. The van der Waals surface area contributed by atoms with Crippen LogP contribution in [0.1, 0.15) is 65.7 Å². The van der Waals surface area contributed by atoms with Crippen LogP contribution in [-0.4, -0.2) is 32.5 Å². The van der Waals surface area contributed by atoms with Crippen LogP contribution in [0.2, 0.25) is 20.1 Å². The van der Waals surface area contributed by atoms with Gasteiger partial charge in [-0.2, -0.15) is 18.6 Å².